The summed E-state index contributed by atoms with van der Waals surface area (Å²) < 4.78 is 31.1. The number of imide groups is 1. The first-order valence-electron chi connectivity index (χ1n) is 11.5. The van der Waals surface area contributed by atoms with Crippen LogP contribution in [0.4, 0.5) is 0 Å². The number of carbonyl (C=O) groups excluding carboxylic acids is 2. The maximum absolute atomic E-state index is 13.1. The molecule has 5 rings (SSSR count). The molecule has 35 heavy (non-hydrogen) atoms. The van der Waals surface area contributed by atoms with Gasteiger partial charge in [0.05, 0.1) is 0 Å². The van der Waals surface area contributed by atoms with E-state index >= 15 is 0 Å². The van der Waals surface area contributed by atoms with Gasteiger partial charge in [0, 0.05) is 0 Å². The Morgan fingerprint density at radius 1 is 1.06 bits per heavy atom. The molecule has 182 valence electrons. The Labute approximate surface area is 207 Å². The molecule has 0 saturated heterocycles. The van der Waals surface area contributed by atoms with Gasteiger partial charge in [-0.3, -0.25) is 0 Å². The summed E-state index contributed by atoms with van der Waals surface area (Å²) in [5.41, 5.74) is 2.33. The third kappa shape index (κ3) is 4.43. The maximum atomic E-state index is 13.1. The van der Waals surface area contributed by atoms with Crippen LogP contribution in [0, 0.1) is 0 Å². The van der Waals surface area contributed by atoms with Gasteiger partial charge in [-0.2, -0.15) is 0 Å². The van der Waals surface area contributed by atoms with Crippen molar-refractivity contribution in [1.29, 1.82) is 0 Å². The molecular weight excluding hydrogens is 533 g/mol. The summed E-state index contributed by atoms with van der Waals surface area (Å²) in [7, 11) is -3.78. The SMILES string of the molecule is O=C(O)[C@H](CCCN1C(=O)c2ccccc2C1=O)[AsH]S(=O)(=O)c1ccc2c3c(oc2c1)CCCC3. The predicted octanol–water partition coefficient (Wildman–Crippen LogP) is 3.39. The van der Waals surface area contributed by atoms with Crippen LogP contribution >= 0.6 is 0 Å². The molecule has 2 amide bonds. The van der Waals surface area contributed by atoms with Gasteiger partial charge in [-0.1, -0.05) is 0 Å². The van der Waals surface area contributed by atoms with Crippen molar-refractivity contribution in [1.82, 2.24) is 4.90 Å². The number of nitrogens with zero attached hydrogens (tertiary/aromatic N) is 1. The van der Waals surface area contributed by atoms with Gasteiger partial charge < -0.3 is 0 Å². The molecule has 1 unspecified atom stereocenters. The Bertz CT molecular complexity index is 1420. The molecule has 0 spiro atoms. The van der Waals surface area contributed by atoms with Gasteiger partial charge in [0.2, 0.25) is 0 Å². The van der Waals surface area contributed by atoms with E-state index in [9.17, 15) is 27.9 Å². The topological polar surface area (TPSA) is 122 Å². The molecule has 1 aromatic heterocycles. The number of amides is 2. The van der Waals surface area contributed by atoms with Gasteiger partial charge in [-0.25, -0.2) is 0 Å². The predicted molar refractivity (Wildman–Crippen MR) is 130 cm³/mol. The fourth-order valence-electron chi connectivity index (χ4n) is 4.80. The number of aryl methyl sites for hydroxylation is 2. The van der Waals surface area contributed by atoms with Crippen LogP contribution in [-0.2, 0) is 25.7 Å². The monoisotopic (exact) mass is 557 g/mol. The second-order valence-corrected chi connectivity index (χ2v) is 16.9. The molecule has 0 fully saturated rings. The van der Waals surface area contributed by atoms with Crippen LogP contribution in [0.3, 0.4) is 0 Å². The third-order valence-electron chi connectivity index (χ3n) is 6.59. The Hall–Kier alpha value is -2.90. The second-order valence-electron chi connectivity index (χ2n) is 8.83. The summed E-state index contributed by atoms with van der Waals surface area (Å²) in [5, 5.41) is 10.6. The normalized spacial score (nSPS) is 16.7. The van der Waals surface area contributed by atoms with Crippen molar-refractivity contribution >= 4 is 51.4 Å². The standard InChI is InChI=1S/C25H24AsNO7S/c28-23-18-7-1-2-8-19(18)24(29)27(23)13-5-9-20(25(30)31)26-35(32,33)15-11-12-17-16-6-3-4-10-21(16)34-22(17)14-15/h1-2,7-8,11-12,14,20,26H,3-6,9-10,13H2,(H,30,31)/t20-/m0/s1. The van der Waals surface area contributed by atoms with E-state index in [1.54, 1.807) is 36.4 Å². The first kappa shape index (κ1) is 23.8. The van der Waals surface area contributed by atoms with Crippen molar-refractivity contribution in [3.63, 3.8) is 0 Å². The number of fused-ring (bicyclic) bond motifs is 4. The number of hydrogen-bond acceptors (Lipinski definition) is 6. The molecule has 2 aliphatic rings. The van der Waals surface area contributed by atoms with Crippen LogP contribution in [0.25, 0.3) is 11.0 Å². The molecule has 10 heteroatoms. The molecule has 2 atom stereocenters. The molecule has 1 aliphatic carbocycles. The van der Waals surface area contributed by atoms with E-state index in [0.717, 1.165) is 47.3 Å². The molecule has 1 aliphatic heterocycles. The van der Waals surface area contributed by atoms with Crippen molar-refractivity contribution < 1.29 is 32.3 Å². The number of rotatable bonds is 8. The Balaban J connectivity index is 1.27. The van der Waals surface area contributed by atoms with Crippen molar-refractivity contribution in [2.24, 2.45) is 0 Å². The second kappa shape index (κ2) is 9.28. The van der Waals surface area contributed by atoms with Gasteiger partial charge in [-0.15, -0.1) is 0 Å². The van der Waals surface area contributed by atoms with Gasteiger partial charge in [0.25, 0.3) is 0 Å². The molecule has 1 N–H and O–H groups in total. The average molecular weight is 557 g/mol. The van der Waals surface area contributed by atoms with Crippen molar-refractivity contribution in [3.8, 4) is 0 Å². The summed E-state index contributed by atoms with van der Waals surface area (Å²) in [6.07, 6.45) is 4.16. The summed E-state index contributed by atoms with van der Waals surface area (Å²) in [5.74, 6) is -1.08. The Morgan fingerprint density at radius 3 is 2.43 bits per heavy atom. The van der Waals surface area contributed by atoms with Crippen molar-refractivity contribution in [2.75, 3.05) is 6.54 Å². The van der Waals surface area contributed by atoms with E-state index in [0.29, 0.717) is 16.7 Å². The number of furan rings is 1. The quantitative estimate of drug-likeness (QED) is 0.333. The van der Waals surface area contributed by atoms with Gasteiger partial charge in [0.1, 0.15) is 0 Å². The van der Waals surface area contributed by atoms with E-state index in [2.05, 4.69) is 0 Å². The van der Waals surface area contributed by atoms with Crippen LogP contribution in [0.1, 0.15) is 57.7 Å². The molecular formula is C25H24AsNO7S. The van der Waals surface area contributed by atoms with Crippen molar-refractivity contribution in [2.45, 2.75) is 48.1 Å². The molecule has 2 heterocycles. The minimum absolute atomic E-state index is 0.0479. The summed E-state index contributed by atoms with van der Waals surface area (Å²) in [4.78, 5) is 38.1. The van der Waals surface area contributed by atoms with E-state index in [1.165, 1.54) is 6.07 Å². The number of carboxylic acid groups (broad SMARTS) is 1. The number of hydrogen-bond donors (Lipinski definition) is 1. The summed E-state index contributed by atoms with van der Waals surface area (Å²) in [6, 6.07) is 11.4. The third-order valence-corrected chi connectivity index (χ3v) is 14.4. The Kier molecular flexibility index (Phi) is 6.32. The molecule has 2 aromatic carbocycles. The van der Waals surface area contributed by atoms with Gasteiger partial charge >= 0.3 is 208 Å². The molecule has 0 bridgehead atoms. The van der Waals surface area contributed by atoms with Crippen LogP contribution in [0.2, 0.25) is 4.71 Å². The molecule has 3 aromatic rings. The number of carboxylic acids is 1. The molecule has 0 saturated carbocycles. The number of aliphatic carboxylic acids is 1. The summed E-state index contributed by atoms with van der Waals surface area (Å²) in [6.45, 7) is 0.0479. The van der Waals surface area contributed by atoms with Crippen LogP contribution in [-0.4, -0.2) is 57.3 Å². The minimum atomic E-state index is -3.78. The fourth-order valence-corrected chi connectivity index (χ4v) is 11.9. The molecule has 8 nitrogen and oxygen atoms in total. The Morgan fingerprint density at radius 2 is 1.74 bits per heavy atom. The first-order chi connectivity index (χ1) is 16.8. The van der Waals surface area contributed by atoms with Crippen LogP contribution < -0.4 is 0 Å². The van der Waals surface area contributed by atoms with Crippen LogP contribution in [0.5, 0.6) is 0 Å². The van der Waals surface area contributed by atoms with E-state index in [-0.39, 0.29) is 24.3 Å². The van der Waals surface area contributed by atoms with Gasteiger partial charge in [-0.05, 0) is 0 Å². The van der Waals surface area contributed by atoms with E-state index in [1.807, 2.05) is 0 Å². The average Bonchev–Trinajstić information content (AvgIpc) is 3.33. The first-order valence-corrected chi connectivity index (χ1v) is 16.8. The zero-order chi connectivity index (χ0) is 24.7. The van der Waals surface area contributed by atoms with Crippen molar-refractivity contribution in [3.05, 3.63) is 64.9 Å². The number of carbonyl (C=O) groups is 3. The van der Waals surface area contributed by atoms with Crippen LogP contribution in [0.15, 0.2) is 51.8 Å². The molecule has 0 radical (unpaired) electrons. The zero-order valence-corrected chi connectivity index (χ0v) is 21.7. The van der Waals surface area contributed by atoms with E-state index < -0.39 is 45.2 Å². The summed E-state index contributed by atoms with van der Waals surface area (Å²) >= 11 is -1.98. The number of benzene rings is 2. The fraction of sp³-hybridized carbons (Fsp3) is 0.320. The zero-order valence-electron chi connectivity index (χ0n) is 18.8. The van der Waals surface area contributed by atoms with E-state index in [4.69, 9.17) is 4.42 Å². The van der Waals surface area contributed by atoms with Gasteiger partial charge in [0.15, 0.2) is 0 Å².